The van der Waals surface area contributed by atoms with E-state index in [1.54, 1.807) is 30.6 Å². The Bertz CT molecular complexity index is 1190. The predicted molar refractivity (Wildman–Crippen MR) is 113 cm³/mol. The van der Waals surface area contributed by atoms with Crippen molar-refractivity contribution in [2.75, 3.05) is 13.1 Å². The van der Waals surface area contributed by atoms with E-state index in [0.29, 0.717) is 16.6 Å². The minimum Gasteiger partial charge on any atom is -0.475 e. The molecule has 1 aliphatic rings. The monoisotopic (exact) mass is 463 g/mol. The summed E-state index contributed by atoms with van der Waals surface area (Å²) in [7, 11) is 0. The number of fused-ring (bicyclic) bond motifs is 1. The summed E-state index contributed by atoms with van der Waals surface area (Å²) in [5, 5.41) is 21.0. The van der Waals surface area contributed by atoms with Crippen molar-refractivity contribution in [2.45, 2.75) is 25.1 Å². The Labute approximate surface area is 185 Å². The lowest BCUT2D eigenvalue weighted by molar-refractivity contribution is -0.192. The molecular formula is C21H20F3N5O4. The molecule has 0 aliphatic carbocycles. The van der Waals surface area contributed by atoms with E-state index in [2.05, 4.69) is 25.8 Å². The number of aromatic nitrogens is 3. The summed E-state index contributed by atoms with van der Waals surface area (Å²) in [6.45, 7) is 1.81. The van der Waals surface area contributed by atoms with Crippen molar-refractivity contribution < 1.29 is 27.9 Å². The molecule has 1 unspecified atom stereocenters. The topological polar surface area (TPSA) is 137 Å². The molecule has 1 aromatic carbocycles. The van der Waals surface area contributed by atoms with Gasteiger partial charge in [-0.2, -0.15) is 18.3 Å². The van der Waals surface area contributed by atoms with Crippen LogP contribution in [0, 0.1) is 0 Å². The molecule has 174 valence electrons. The molecule has 4 rings (SSSR count). The molecule has 4 N–H and O–H groups in total. The average Bonchev–Trinajstić information content (AvgIpc) is 2.80. The number of halogens is 3. The molecule has 3 heterocycles. The number of carbonyl (C=O) groups excluding carboxylic acids is 1. The molecule has 2 aromatic heterocycles. The smallest absolute Gasteiger partial charge is 0.475 e. The standard InChI is InChI=1S/C19H19N5O2.C2HF3O2/c25-18(23-15-2-1-7-20-11-15)14-5-6-17(21-9-14)12-3-4-13-10-22-24-19(26)16(13)8-12;3-2(4,5)1(6)7/h3-6,8-10,15,20H,1-2,7,11H2,(H,23,25)(H,24,26);(H,6,7). The zero-order valence-corrected chi connectivity index (χ0v) is 17.1. The molecule has 3 aromatic rings. The first kappa shape index (κ1) is 23.9. The average molecular weight is 463 g/mol. The number of pyridine rings is 1. The number of alkyl halides is 3. The lowest BCUT2D eigenvalue weighted by Gasteiger charge is -2.23. The Hall–Kier alpha value is -3.80. The van der Waals surface area contributed by atoms with E-state index in [-0.39, 0.29) is 17.5 Å². The number of nitrogens with zero attached hydrogens (tertiary/aromatic N) is 2. The Balaban J connectivity index is 0.000000383. The first-order valence-electron chi connectivity index (χ1n) is 9.90. The van der Waals surface area contributed by atoms with E-state index in [1.807, 2.05) is 12.1 Å². The van der Waals surface area contributed by atoms with Crippen LogP contribution in [-0.4, -0.2) is 57.5 Å². The third-order valence-electron chi connectivity index (χ3n) is 4.86. The number of amides is 1. The molecule has 1 amide bonds. The number of aromatic amines is 1. The normalized spacial score (nSPS) is 15.9. The van der Waals surface area contributed by atoms with Crippen LogP contribution in [0.4, 0.5) is 13.2 Å². The highest BCUT2D eigenvalue weighted by Crippen LogP contribution is 2.21. The Morgan fingerprint density at radius 2 is 1.91 bits per heavy atom. The number of nitrogens with one attached hydrogen (secondary N) is 3. The van der Waals surface area contributed by atoms with Crippen LogP contribution in [0.2, 0.25) is 0 Å². The summed E-state index contributed by atoms with van der Waals surface area (Å²) >= 11 is 0. The number of hydrogen-bond acceptors (Lipinski definition) is 6. The fraction of sp³-hybridized carbons (Fsp3) is 0.286. The molecule has 12 heteroatoms. The predicted octanol–water partition coefficient (Wildman–Crippen LogP) is 2.10. The summed E-state index contributed by atoms with van der Waals surface area (Å²) in [6.07, 6.45) is 0.160. The summed E-state index contributed by atoms with van der Waals surface area (Å²) in [5.74, 6) is -2.87. The first-order valence-corrected chi connectivity index (χ1v) is 9.90. The van der Waals surface area contributed by atoms with Gasteiger partial charge in [-0.25, -0.2) is 9.89 Å². The lowest BCUT2D eigenvalue weighted by atomic mass is 10.1. The zero-order chi connectivity index (χ0) is 24.0. The van der Waals surface area contributed by atoms with Crippen LogP contribution in [0.1, 0.15) is 23.2 Å². The highest BCUT2D eigenvalue weighted by molar-refractivity contribution is 5.94. The van der Waals surface area contributed by atoms with Crippen LogP contribution >= 0.6 is 0 Å². The molecule has 0 radical (unpaired) electrons. The number of hydrogen-bond donors (Lipinski definition) is 4. The maximum atomic E-state index is 12.3. The minimum absolute atomic E-state index is 0.112. The van der Waals surface area contributed by atoms with Crippen molar-refractivity contribution in [1.82, 2.24) is 25.8 Å². The summed E-state index contributed by atoms with van der Waals surface area (Å²) in [6, 6.07) is 9.23. The van der Waals surface area contributed by atoms with Crippen molar-refractivity contribution in [2.24, 2.45) is 0 Å². The van der Waals surface area contributed by atoms with Crippen molar-refractivity contribution in [3.63, 3.8) is 0 Å². The Morgan fingerprint density at radius 3 is 2.52 bits per heavy atom. The highest BCUT2D eigenvalue weighted by Gasteiger charge is 2.38. The number of piperidine rings is 1. The molecule has 1 fully saturated rings. The molecule has 0 saturated carbocycles. The highest BCUT2D eigenvalue weighted by atomic mass is 19.4. The maximum Gasteiger partial charge on any atom is 0.490 e. The van der Waals surface area contributed by atoms with Crippen LogP contribution in [-0.2, 0) is 4.79 Å². The van der Waals surface area contributed by atoms with E-state index in [0.717, 1.165) is 36.9 Å². The van der Waals surface area contributed by atoms with Gasteiger partial charge in [0.15, 0.2) is 0 Å². The number of carboxylic acid groups (broad SMARTS) is 1. The van der Waals surface area contributed by atoms with Gasteiger partial charge in [0.25, 0.3) is 11.5 Å². The lowest BCUT2D eigenvalue weighted by Crippen LogP contribution is -2.45. The summed E-state index contributed by atoms with van der Waals surface area (Å²) in [5.41, 5.74) is 1.82. The third-order valence-corrected chi connectivity index (χ3v) is 4.86. The van der Waals surface area contributed by atoms with Crippen LogP contribution in [0.5, 0.6) is 0 Å². The van der Waals surface area contributed by atoms with E-state index in [9.17, 15) is 22.8 Å². The second-order valence-electron chi connectivity index (χ2n) is 7.25. The number of carbonyl (C=O) groups is 2. The minimum atomic E-state index is -5.08. The van der Waals surface area contributed by atoms with Gasteiger partial charge in [0.2, 0.25) is 0 Å². The zero-order valence-electron chi connectivity index (χ0n) is 17.1. The van der Waals surface area contributed by atoms with Crippen LogP contribution in [0.3, 0.4) is 0 Å². The third kappa shape index (κ3) is 6.35. The van der Waals surface area contributed by atoms with Gasteiger partial charge in [-0.05, 0) is 37.6 Å². The molecule has 1 aliphatic heterocycles. The summed E-state index contributed by atoms with van der Waals surface area (Å²) < 4.78 is 31.7. The van der Waals surface area contributed by atoms with E-state index < -0.39 is 12.1 Å². The van der Waals surface area contributed by atoms with Crippen molar-refractivity contribution in [3.05, 3.63) is 58.6 Å². The van der Waals surface area contributed by atoms with Gasteiger partial charge in [-0.1, -0.05) is 12.1 Å². The SMILES string of the molecule is O=C(NC1CCCNC1)c1ccc(-c2ccc3cn[nH]c(=O)c3c2)nc1.O=C(O)C(F)(F)F. The van der Waals surface area contributed by atoms with Crippen molar-refractivity contribution in [3.8, 4) is 11.3 Å². The van der Waals surface area contributed by atoms with E-state index in [1.165, 1.54) is 0 Å². The molecular weight excluding hydrogens is 443 g/mol. The molecule has 1 atom stereocenters. The van der Waals surface area contributed by atoms with Gasteiger partial charge in [-0.15, -0.1) is 0 Å². The number of rotatable bonds is 3. The number of carboxylic acids is 1. The quantitative estimate of drug-likeness (QED) is 0.467. The Kier molecular flexibility index (Phi) is 7.38. The molecule has 33 heavy (non-hydrogen) atoms. The van der Waals surface area contributed by atoms with Crippen molar-refractivity contribution in [1.29, 1.82) is 0 Å². The van der Waals surface area contributed by atoms with E-state index in [4.69, 9.17) is 9.90 Å². The van der Waals surface area contributed by atoms with Crippen LogP contribution in [0.15, 0.2) is 47.5 Å². The van der Waals surface area contributed by atoms with E-state index >= 15 is 0 Å². The van der Waals surface area contributed by atoms with Crippen LogP contribution in [0.25, 0.3) is 22.0 Å². The molecule has 1 saturated heterocycles. The van der Waals surface area contributed by atoms with Gasteiger partial charge in [0, 0.05) is 29.7 Å². The largest absolute Gasteiger partial charge is 0.490 e. The van der Waals surface area contributed by atoms with Gasteiger partial charge < -0.3 is 15.7 Å². The second-order valence-corrected chi connectivity index (χ2v) is 7.25. The van der Waals surface area contributed by atoms with Crippen LogP contribution < -0.4 is 16.2 Å². The van der Waals surface area contributed by atoms with Gasteiger partial charge in [0.05, 0.1) is 22.8 Å². The van der Waals surface area contributed by atoms with Gasteiger partial charge >= 0.3 is 12.1 Å². The van der Waals surface area contributed by atoms with Gasteiger partial charge in [0.1, 0.15) is 0 Å². The fourth-order valence-electron chi connectivity index (χ4n) is 3.19. The number of H-pyrrole nitrogens is 1. The molecule has 0 spiro atoms. The maximum absolute atomic E-state index is 12.3. The number of benzene rings is 1. The molecule has 0 bridgehead atoms. The fourth-order valence-corrected chi connectivity index (χ4v) is 3.19. The van der Waals surface area contributed by atoms with Gasteiger partial charge in [-0.3, -0.25) is 14.6 Å². The Morgan fingerprint density at radius 1 is 1.15 bits per heavy atom. The first-order chi connectivity index (χ1) is 15.6. The molecule has 9 nitrogen and oxygen atoms in total. The number of aliphatic carboxylic acids is 1. The summed E-state index contributed by atoms with van der Waals surface area (Å²) in [4.78, 5) is 37.5. The second kappa shape index (κ2) is 10.2. The van der Waals surface area contributed by atoms with Crippen molar-refractivity contribution >= 4 is 22.6 Å².